The van der Waals surface area contributed by atoms with Gasteiger partial charge in [0.15, 0.2) is 0 Å². The fourth-order valence-electron chi connectivity index (χ4n) is 1.69. The molecule has 0 fully saturated rings. The van der Waals surface area contributed by atoms with Gasteiger partial charge in [-0.25, -0.2) is 4.79 Å². The van der Waals surface area contributed by atoms with Crippen molar-refractivity contribution in [2.45, 2.75) is 6.92 Å². The van der Waals surface area contributed by atoms with Crippen LogP contribution >= 0.6 is 11.3 Å². The smallest absolute Gasteiger partial charge is 0.353 e. The summed E-state index contributed by atoms with van der Waals surface area (Å²) in [5, 5.41) is 1.84. The lowest BCUT2D eigenvalue weighted by molar-refractivity contribution is 0.0698. The van der Waals surface area contributed by atoms with E-state index < -0.39 is 0 Å². The predicted molar refractivity (Wildman–Crippen MR) is 79.9 cm³/mol. The molecule has 1 heterocycles. The van der Waals surface area contributed by atoms with Crippen molar-refractivity contribution in [1.82, 2.24) is 0 Å². The Balaban J connectivity index is 2.19. The molecule has 3 heteroatoms. The Morgan fingerprint density at radius 3 is 2.74 bits per heavy atom. The van der Waals surface area contributed by atoms with E-state index in [1.54, 1.807) is 6.07 Å². The van der Waals surface area contributed by atoms with E-state index in [4.69, 9.17) is 4.74 Å². The highest BCUT2D eigenvalue weighted by Crippen LogP contribution is 2.22. The second-order valence-corrected chi connectivity index (χ2v) is 4.82. The first kappa shape index (κ1) is 13.3. The first-order valence-electron chi connectivity index (χ1n) is 5.89. The van der Waals surface area contributed by atoms with Gasteiger partial charge in [-0.05, 0) is 23.9 Å². The van der Waals surface area contributed by atoms with Crippen LogP contribution in [-0.2, 0) is 4.74 Å². The second-order valence-electron chi connectivity index (χ2n) is 3.88. The predicted octanol–water partition coefficient (Wildman–Crippen LogP) is 4.61. The molecule has 0 saturated carbocycles. The van der Waals surface area contributed by atoms with E-state index in [9.17, 15) is 4.79 Å². The zero-order valence-electron chi connectivity index (χ0n) is 10.6. The van der Waals surface area contributed by atoms with Crippen LogP contribution in [0.4, 0.5) is 0 Å². The highest BCUT2D eigenvalue weighted by molar-refractivity contribution is 7.12. The van der Waals surface area contributed by atoms with Crippen LogP contribution < -0.4 is 0 Å². The van der Waals surface area contributed by atoms with Crippen LogP contribution in [0.5, 0.6) is 0 Å². The first-order chi connectivity index (χ1) is 9.22. The Hall–Kier alpha value is -2.13. The van der Waals surface area contributed by atoms with Crippen LogP contribution in [0.25, 0.3) is 11.8 Å². The average molecular weight is 270 g/mol. The van der Waals surface area contributed by atoms with Crippen molar-refractivity contribution in [2.75, 3.05) is 0 Å². The van der Waals surface area contributed by atoms with Gasteiger partial charge >= 0.3 is 5.97 Å². The highest BCUT2D eigenvalue weighted by atomic mass is 32.1. The van der Waals surface area contributed by atoms with E-state index in [-0.39, 0.29) is 5.97 Å². The molecule has 1 aromatic heterocycles. The van der Waals surface area contributed by atoms with E-state index >= 15 is 0 Å². The quantitative estimate of drug-likeness (QED) is 0.599. The Bertz CT molecular complexity index is 609. The van der Waals surface area contributed by atoms with Crippen molar-refractivity contribution < 1.29 is 9.53 Å². The summed E-state index contributed by atoms with van der Waals surface area (Å²) in [5.74, 6) is 0.00220. The van der Waals surface area contributed by atoms with E-state index in [0.29, 0.717) is 10.6 Å². The zero-order valence-corrected chi connectivity index (χ0v) is 11.4. The monoisotopic (exact) mass is 270 g/mol. The van der Waals surface area contributed by atoms with Crippen molar-refractivity contribution in [3.05, 3.63) is 70.4 Å². The van der Waals surface area contributed by atoms with E-state index in [1.165, 1.54) is 11.3 Å². The SMILES string of the molecule is C=C(OC(=O)c1cccs1)c1ccccc1C=CC. The molecule has 0 radical (unpaired) electrons. The maximum absolute atomic E-state index is 11.9. The van der Waals surface area contributed by atoms with Crippen LogP contribution in [0.15, 0.2) is 54.4 Å². The molecular weight excluding hydrogens is 256 g/mol. The molecule has 2 nitrogen and oxygen atoms in total. The number of esters is 1. The summed E-state index contributed by atoms with van der Waals surface area (Å²) in [6.45, 7) is 5.79. The lowest BCUT2D eigenvalue weighted by atomic mass is 10.1. The summed E-state index contributed by atoms with van der Waals surface area (Å²) in [7, 11) is 0. The minimum atomic E-state index is -0.365. The van der Waals surface area contributed by atoms with Gasteiger partial charge in [-0.15, -0.1) is 11.3 Å². The van der Waals surface area contributed by atoms with Crippen molar-refractivity contribution in [2.24, 2.45) is 0 Å². The fourth-order valence-corrected chi connectivity index (χ4v) is 2.29. The second kappa shape index (κ2) is 6.16. The van der Waals surface area contributed by atoms with E-state index in [0.717, 1.165) is 11.1 Å². The molecule has 0 aliphatic heterocycles. The molecule has 19 heavy (non-hydrogen) atoms. The van der Waals surface area contributed by atoms with Gasteiger partial charge in [-0.1, -0.05) is 49.1 Å². The summed E-state index contributed by atoms with van der Waals surface area (Å²) < 4.78 is 5.31. The Kier molecular flexibility index (Phi) is 4.31. The number of hydrogen-bond donors (Lipinski definition) is 0. The summed E-state index contributed by atoms with van der Waals surface area (Å²) in [6.07, 6.45) is 3.90. The molecule has 0 amide bonds. The average Bonchev–Trinajstić information content (AvgIpc) is 2.93. The van der Waals surface area contributed by atoms with Gasteiger partial charge in [0.05, 0.1) is 0 Å². The number of hydrogen-bond acceptors (Lipinski definition) is 3. The van der Waals surface area contributed by atoms with Gasteiger partial charge in [-0.2, -0.15) is 0 Å². The van der Waals surface area contributed by atoms with Crippen LogP contribution in [0.2, 0.25) is 0 Å². The summed E-state index contributed by atoms with van der Waals surface area (Å²) in [5.41, 5.74) is 1.81. The van der Waals surface area contributed by atoms with Gasteiger partial charge in [0, 0.05) is 5.56 Å². The third-order valence-electron chi connectivity index (χ3n) is 2.55. The minimum Gasteiger partial charge on any atom is -0.422 e. The van der Waals surface area contributed by atoms with Gasteiger partial charge in [-0.3, -0.25) is 0 Å². The summed E-state index contributed by atoms with van der Waals surface area (Å²) in [4.78, 5) is 12.4. The number of rotatable bonds is 4. The number of carbonyl (C=O) groups excluding carboxylic acids is 1. The molecule has 2 rings (SSSR count). The number of allylic oxidation sites excluding steroid dienone is 1. The van der Waals surface area contributed by atoms with Crippen molar-refractivity contribution in [3.63, 3.8) is 0 Å². The molecule has 0 atom stereocenters. The van der Waals surface area contributed by atoms with Gasteiger partial charge < -0.3 is 4.74 Å². The third-order valence-corrected chi connectivity index (χ3v) is 3.40. The fraction of sp³-hybridized carbons (Fsp3) is 0.0625. The molecule has 0 bridgehead atoms. The summed E-state index contributed by atoms with van der Waals surface area (Å²) in [6, 6.07) is 11.2. The van der Waals surface area contributed by atoms with Gasteiger partial charge in [0.2, 0.25) is 0 Å². The first-order valence-corrected chi connectivity index (χ1v) is 6.77. The molecule has 0 N–H and O–H groups in total. The van der Waals surface area contributed by atoms with Gasteiger partial charge in [0.25, 0.3) is 0 Å². The largest absolute Gasteiger partial charge is 0.422 e. The van der Waals surface area contributed by atoms with Crippen molar-refractivity contribution in [3.8, 4) is 0 Å². The maximum atomic E-state index is 11.9. The van der Waals surface area contributed by atoms with E-state index in [1.807, 2.05) is 54.8 Å². The Labute approximate surface area is 116 Å². The Morgan fingerprint density at radius 1 is 1.26 bits per heavy atom. The van der Waals surface area contributed by atoms with Crippen LogP contribution in [0, 0.1) is 0 Å². The summed E-state index contributed by atoms with van der Waals surface area (Å²) >= 11 is 1.35. The lowest BCUT2D eigenvalue weighted by Gasteiger charge is -2.09. The molecular formula is C16H14O2S. The lowest BCUT2D eigenvalue weighted by Crippen LogP contribution is -2.02. The van der Waals surface area contributed by atoms with Crippen LogP contribution in [0.3, 0.4) is 0 Å². The number of carbonyl (C=O) groups is 1. The molecule has 0 unspecified atom stereocenters. The molecule has 0 aliphatic rings. The number of thiophene rings is 1. The molecule has 0 spiro atoms. The molecule has 2 aromatic rings. The highest BCUT2D eigenvalue weighted by Gasteiger charge is 2.12. The topological polar surface area (TPSA) is 26.3 Å². The molecule has 1 aromatic carbocycles. The van der Waals surface area contributed by atoms with Crippen molar-refractivity contribution in [1.29, 1.82) is 0 Å². The standard InChI is InChI=1S/C16H14O2S/c1-3-7-13-8-4-5-9-14(13)12(2)18-16(17)15-10-6-11-19-15/h3-11H,2H2,1H3. The molecule has 96 valence electrons. The Morgan fingerprint density at radius 2 is 2.05 bits per heavy atom. The third kappa shape index (κ3) is 3.20. The molecule has 0 aliphatic carbocycles. The number of benzene rings is 1. The number of ether oxygens (including phenoxy) is 1. The zero-order chi connectivity index (χ0) is 13.7. The van der Waals surface area contributed by atoms with Crippen molar-refractivity contribution >= 4 is 29.1 Å². The van der Waals surface area contributed by atoms with Gasteiger partial charge in [0.1, 0.15) is 10.6 Å². The van der Waals surface area contributed by atoms with Crippen LogP contribution in [-0.4, -0.2) is 5.97 Å². The van der Waals surface area contributed by atoms with E-state index in [2.05, 4.69) is 6.58 Å². The normalized spacial score (nSPS) is 10.6. The van der Waals surface area contributed by atoms with Crippen LogP contribution in [0.1, 0.15) is 27.7 Å². The molecule has 0 saturated heterocycles. The minimum absolute atomic E-state index is 0.365. The maximum Gasteiger partial charge on any atom is 0.353 e.